The molecule has 0 amide bonds. The van der Waals surface area contributed by atoms with Gasteiger partial charge in [-0.15, -0.1) is 0 Å². The second-order valence-electron chi connectivity index (χ2n) is 4.64. The molecule has 1 aromatic rings. The summed E-state index contributed by atoms with van der Waals surface area (Å²) in [6, 6.07) is 4.96. The van der Waals surface area contributed by atoms with E-state index in [-0.39, 0.29) is 11.5 Å². The van der Waals surface area contributed by atoms with Crippen LogP contribution in [0.25, 0.3) is 0 Å². The number of hydrogen-bond donors (Lipinski definition) is 1. The van der Waals surface area contributed by atoms with E-state index in [1.165, 1.54) is 32.0 Å². The van der Waals surface area contributed by atoms with E-state index < -0.39 is 0 Å². The lowest BCUT2D eigenvalue weighted by Crippen LogP contribution is -2.31. The van der Waals surface area contributed by atoms with Gasteiger partial charge in [0.05, 0.1) is 11.4 Å². The van der Waals surface area contributed by atoms with E-state index in [1.807, 2.05) is 18.0 Å². The van der Waals surface area contributed by atoms with Crippen molar-refractivity contribution in [2.24, 2.45) is 0 Å². The first kappa shape index (κ1) is 12.2. The maximum Gasteiger partial charge on any atom is 0.148 e. The molecular weight excluding hydrogens is 217 g/mol. The zero-order valence-corrected chi connectivity index (χ0v) is 10.3. The van der Waals surface area contributed by atoms with Crippen LogP contribution in [0.1, 0.15) is 12.8 Å². The molecule has 1 heterocycles. The van der Waals surface area contributed by atoms with Gasteiger partial charge in [-0.3, -0.25) is 0 Å². The first-order valence-electron chi connectivity index (χ1n) is 6.16. The van der Waals surface area contributed by atoms with Crippen molar-refractivity contribution >= 4 is 11.4 Å². The second-order valence-corrected chi connectivity index (χ2v) is 4.64. The van der Waals surface area contributed by atoms with Gasteiger partial charge in [0.2, 0.25) is 0 Å². The smallest absolute Gasteiger partial charge is 0.148 e. The number of nitrogens with zero attached hydrogens (tertiary/aromatic N) is 2. The monoisotopic (exact) mass is 237 g/mol. The number of likely N-dealkylation sites (tertiary alicyclic amines) is 1. The van der Waals surface area contributed by atoms with Crippen LogP contribution in [-0.4, -0.2) is 38.1 Å². The molecule has 0 spiro atoms. The zero-order chi connectivity index (χ0) is 12.3. The lowest BCUT2D eigenvalue weighted by molar-refractivity contribution is 0.346. The number of rotatable bonds is 4. The summed E-state index contributed by atoms with van der Waals surface area (Å²) < 4.78 is 13.3. The number of para-hydroxylation sites is 1. The molecule has 1 aromatic carbocycles. The van der Waals surface area contributed by atoms with E-state index in [1.54, 1.807) is 6.07 Å². The molecule has 0 unspecified atom stereocenters. The van der Waals surface area contributed by atoms with Crippen LogP contribution in [0.4, 0.5) is 15.8 Å². The van der Waals surface area contributed by atoms with Crippen molar-refractivity contribution < 1.29 is 4.39 Å². The highest BCUT2D eigenvalue weighted by Gasteiger charge is 2.13. The van der Waals surface area contributed by atoms with Crippen LogP contribution < -0.4 is 10.6 Å². The number of nitrogen functional groups attached to an aromatic ring is 1. The van der Waals surface area contributed by atoms with Gasteiger partial charge in [-0.2, -0.15) is 0 Å². The number of likely N-dealkylation sites (N-methyl/N-ethyl adjacent to an activating group) is 1. The Balaban J connectivity index is 1.94. The van der Waals surface area contributed by atoms with E-state index in [2.05, 4.69) is 4.90 Å². The SMILES string of the molecule is CN(CCN1CCCC1)c1cccc(F)c1N. The molecule has 1 saturated heterocycles. The molecule has 0 aromatic heterocycles. The van der Waals surface area contributed by atoms with Crippen LogP contribution in [0.15, 0.2) is 18.2 Å². The second kappa shape index (κ2) is 5.36. The Morgan fingerprint density at radius 3 is 2.76 bits per heavy atom. The topological polar surface area (TPSA) is 32.5 Å². The van der Waals surface area contributed by atoms with Crippen molar-refractivity contribution in [1.29, 1.82) is 0 Å². The van der Waals surface area contributed by atoms with E-state index in [0.717, 1.165) is 18.8 Å². The van der Waals surface area contributed by atoms with Gasteiger partial charge in [0.1, 0.15) is 5.82 Å². The molecule has 1 fully saturated rings. The summed E-state index contributed by atoms with van der Waals surface area (Å²) in [5.41, 5.74) is 6.77. The van der Waals surface area contributed by atoms with E-state index >= 15 is 0 Å². The quantitative estimate of drug-likeness (QED) is 0.812. The minimum absolute atomic E-state index is 0.247. The Kier molecular flexibility index (Phi) is 3.84. The number of halogens is 1. The van der Waals surface area contributed by atoms with Crippen molar-refractivity contribution in [3.63, 3.8) is 0 Å². The Morgan fingerprint density at radius 1 is 1.35 bits per heavy atom. The fourth-order valence-corrected chi connectivity index (χ4v) is 2.28. The molecule has 17 heavy (non-hydrogen) atoms. The van der Waals surface area contributed by atoms with Gasteiger partial charge >= 0.3 is 0 Å². The van der Waals surface area contributed by atoms with Gasteiger partial charge in [-0.25, -0.2) is 4.39 Å². The fraction of sp³-hybridized carbons (Fsp3) is 0.538. The highest BCUT2D eigenvalue weighted by Crippen LogP contribution is 2.24. The molecule has 4 heteroatoms. The Morgan fingerprint density at radius 2 is 2.06 bits per heavy atom. The van der Waals surface area contributed by atoms with Crippen LogP contribution in [0.3, 0.4) is 0 Å². The molecule has 1 aliphatic heterocycles. The highest BCUT2D eigenvalue weighted by molar-refractivity contribution is 5.67. The van der Waals surface area contributed by atoms with E-state index in [9.17, 15) is 4.39 Å². The van der Waals surface area contributed by atoms with Crippen molar-refractivity contribution in [2.45, 2.75) is 12.8 Å². The first-order chi connectivity index (χ1) is 8.18. The molecule has 0 aliphatic carbocycles. The zero-order valence-electron chi connectivity index (χ0n) is 10.3. The number of benzene rings is 1. The van der Waals surface area contributed by atoms with E-state index in [0.29, 0.717) is 0 Å². The van der Waals surface area contributed by atoms with Gasteiger partial charge in [0.25, 0.3) is 0 Å². The summed E-state index contributed by atoms with van der Waals surface area (Å²) in [6.07, 6.45) is 2.59. The fourth-order valence-electron chi connectivity index (χ4n) is 2.28. The molecule has 2 rings (SSSR count). The molecule has 0 atom stereocenters. The minimum atomic E-state index is -0.337. The van der Waals surface area contributed by atoms with Gasteiger partial charge in [0, 0.05) is 20.1 Å². The van der Waals surface area contributed by atoms with E-state index in [4.69, 9.17) is 5.73 Å². The van der Waals surface area contributed by atoms with Crippen LogP contribution in [0.2, 0.25) is 0 Å². The third-order valence-electron chi connectivity index (χ3n) is 3.39. The molecule has 3 nitrogen and oxygen atoms in total. The summed E-state index contributed by atoms with van der Waals surface area (Å²) in [5.74, 6) is -0.337. The minimum Gasteiger partial charge on any atom is -0.395 e. The molecule has 1 aliphatic rings. The molecule has 0 bridgehead atoms. The van der Waals surface area contributed by atoms with Crippen LogP contribution in [0, 0.1) is 5.82 Å². The predicted molar refractivity (Wildman–Crippen MR) is 69.8 cm³/mol. The van der Waals surface area contributed by atoms with Gasteiger partial charge in [-0.1, -0.05) is 6.07 Å². The lowest BCUT2D eigenvalue weighted by atomic mass is 10.2. The molecule has 0 saturated carbocycles. The number of nitrogens with two attached hydrogens (primary N) is 1. The van der Waals surface area contributed by atoms with Crippen molar-refractivity contribution in [2.75, 3.05) is 43.9 Å². The number of anilines is 2. The largest absolute Gasteiger partial charge is 0.395 e. The first-order valence-corrected chi connectivity index (χ1v) is 6.16. The van der Waals surface area contributed by atoms with Gasteiger partial charge in [0.15, 0.2) is 0 Å². The van der Waals surface area contributed by atoms with Crippen LogP contribution in [0.5, 0.6) is 0 Å². The van der Waals surface area contributed by atoms with Crippen LogP contribution >= 0.6 is 0 Å². The normalized spacial score (nSPS) is 16.4. The molecular formula is C13H20FN3. The molecule has 94 valence electrons. The standard InChI is InChI=1S/C13H20FN3/c1-16(9-10-17-7-2-3-8-17)12-6-4-5-11(14)13(12)15/h4-6H,2-3,7-10,15H2,1H3. The average Bonchev–Trinajstić information content (AvgIpc) is 2.82. The molecule has 0 radical (unpaired) electrons. The van der Waals surface area contributed by atoms with Crippen molar-refractivity contribution in [3.05, 3.63) is 24.0 Å². The summed E-state index contributed by atoms with van der Waals surface area (Å²) in [4.78, 5) is 4.46. The Hall–Kier alpha value is -1.29. The average molecular weight is 237 g/mol. The summed E-state index contributed by atoms with van der Waals surface area (Å²) >= 11 is 0. The maximum atomic E-state index is 13.3. The summed E-state index contributed by atoms with van der Waals surface area (Å²) in [5, 5.41) is 0. The third-order valence-corrected chi connectivity index (χ3v) is 3.39. The van der Waals surface area contributed by atoms with Crippen molar-refractivity contribution in [1.82, 2.24) is 4.90 Å². The Labute approximate surface area is 102 Å². The highest BCUT2D eigenvalue weighted by atomic mass is 19.1. The summed E-state index contributed by atoms with van der Waals surface area (Å²) in [6.45, 7) is 4.28. The Bertz CT molecular complexity index is 375. The summed E-state index contributed by atoms with van der Waals surface area (Å²) in [7, 11) is 1.96. The van der Waals surface area contributed by atoms with Crippen molar-refractivity contribution in [3.8, 4) is 0 Å². The molecule has 2 N–H and O–H groups in total. The predicted octanol–water partition coefficient (Wildman–Crippen LogP) is 1.94. The maximum absolute atomic E-state index is 13.3. The van der Waals surface area contributed by atoms with Gasteiger partial charge in [-0.05, 0) is 38.1 Å². The van der Waals surface area contributed by atoms with Gasteiger partial charge < -0.3 is 15.5 Å². The third kappa shape index (κ3) is 2.88. The van der Waals surface area contributed by atoms with Crippen LogP contribution in [-0.2, 0) is 0 Å². The lowest BCUT2D eigenvalue weighted by Gasteiger charge is -2.24. The number of hydrogen-bond acceptors (Lipinski definition) is 3.